The number of nitrogens with zero attached hydrogens (tertiary/aromatic N) is 4. The number of pyridine rings is 2. The van der Waals surface area contributed by atoms with Crippen LogP contribution in [-0.2, 0) is 13.1 Å². The van der Waals surface area contributed by atoms with Gasteiger partial charge >= 0.3 is 0 Å². The fourth-order valence-corrected chi connectivity index (χ4v) is 2.01. The summed E-state index contributed by atoms with van der Waals surface area (Å²) >= 11 is 0. The minimum absolute atomic E-state index is 0.224. The molecule has 0 aliphatic carbocycles. The van der Waals surface area contributed by atoms with E-state index in [1.807, 2.05) is 24.3 Å². The van der Waals surface area contributed by atoms with Gasteiger partial charge in [0.05, 0.1) is 5.56 Å². The minimum atomic E-state index is -0.224. The number of aromatic nitrogens is 4. The number of hydrogen-bond donors (Lipinski definition) is 2. The lowest BCUT2D eigenvalue weighted by atomic mass is 10.2. The molecule has 0 aliphatic rings. The Bertz CT molecular complexity index is 777. The van der Waals surface area contributed by atoms with Crippen molar-refractivity contribution in [2.75, 3.05) is 5.32 Å². The Morgan fingerprint density at radius 2 is 1.50 bits per heavy atom. The molecule has 0 aliphatic heterocycles. The maximum Gasteiger partial charge on any atom is 0.254 e. The van der Waals surface area contributed by atoms with Crippen molar-refractivity contribution in [2.45, 2.75) is 13.1 Å². The number of anilines is 1. The summed E-state index contributed by atoms with van der Waals surface area (Å²) in [5.74, 6) is 0.236. The summed E-state index contributed by atoms with van der Waals surface area (Å²) < 4.78 is 0. The van der Waals surface area contributed by atoms with E-state index in [0.29, 0.717) is 24.6 Å². The van der Waals surface area contributed by atoms with Crippen molar-refractivity contribution in [1.29, 1.82) is 0 Å². The fourth-order valence-electron chi connectivity index (χ4n) is 2.01. The third-order valence-corrected chi connectivity index (χ3v) is 3.26. The first-order valence-corrected chi connectivity index (χ1v) is 7.43. The van der Waals surface area contributed by atoms with Crippen LogP contribution in [0.4, 0.5) is 5.95 Å². The largest absolute Gasteiger partial charge is 0.350 e. The smallest absolute Gasteiger partial charge is 0.254 e. The molecule has 3 aromatic heterocycles. The van der Waals surface area contributed by atoms with Gasteiger partial charge in [0.2, 0.25) is 5.95 Å². The van der Waals surface area contributed by atoms with Gasteiger partial charge in [0.1, 0.15) is 0 Å². The van der Waals surface area contributed by atoms with Gasteiger partial charge in [-0.1, -0.05) is 12.1 Å². The second kappa shape index (κ2) is 7.77. The van der Waals surface area contributed by atoms with Gasteiger partial charge in [-0.15, -0.1) is 0 Å². The van der Waals surface area contributed by atoms with Crippen molar-refractivity contribution in [1.82, 2.24) is 25.3 Å². The molecule has 0 bridgehead atoms. The highest BCUT2D eigenvalue weighted by Gasteiger charge is 2.07. The van der Waals surface area contributed by atoms with Crippen LogP contribution in [0.25, 0.3) is 0 Å². The number of rotatable bonds is 6. The Kier molecular flexibility index (Phi) is 5.03. The first-order valence-electron chi connectivity index (χ1n) is 7.43. The van der Waals surface area contributed by atoms with Crippen molar-refractivity contribution >= 4 is 11.9 Å². The molecule has 3 aromatic rings. The van der Waals surface area contributed by atoms with Gasteiger partial charge in [0.25, 0.3) is 5.91 Å². The first-order chi connectivity index (χ1) is 11.8. The summed E-state index contributed by atoms with van der Waals surface area (Å²) in [5, 5.41) is 5.89. The standard InChI is InChI=1S/C17H16N6O/c24-16(20-9-13-3-1-5-18-7-13)15-11-22-17(23-12-15)21-10-14-4-2-6-19-8-14/h1-8,11-12H,9-10H2,(H,20,24)(H,21,22,23). The zero-order valence-corrected chi connectivity index (χ0v) is 12.9. The monoisotopic (exact) mass is 320 g/mol. The molecule has 7 nitrogen and oxygen atoms in total. The molecule has 2 N–H and O–H groups in total. The number of hydrogen-bond acceptors (Lipinski definition) is 6. The molecule has 24 heavy (non-hydrogen) atoms. The van der Waals surface area contributed by atoms with E-state index >= 15 is 0 Å². The average Bonchev–Trinajstić information content (AvgIpc) is 2.66. The van der Waals surface area contributed by atoms with Crippen molar-refractivity contribution in [3.05, 3.63) is 78.1 Å². The summed E-state index contributed by atoms with van der Waals surface area (Å²) in [7, 11) is 0. The van der Waals surface area contributed by atoms with Crippen molar-refractivity contribution in [2.24, 2.45) is 0 Å². The zero-order valence-electron chi connectivity index (χ0n) is 12.9. The van der Waals surface area contributed by atoms with Gasteiger partial charge in [-0.2, -0.15) is 0 Å². The van der Waals surface area contributed by atoms with Gasteiger partial charge in [-0.05, 0) is 23.3 Å². The van der Waals surface area contributed by atoms with Crippen molar-refractivity contribution in [3.63, 3.8) is 0 Å². The van der Waals surface area contributed by atoms with Gasteiger partial charge in [0, 0.05) is 50.3 Å². The molecule has 120 valence electrons. The summed E-state index contributed by atoms with van der Waals surface area (Å²) in [6, 6.07) is 7.55. The molecule has 0 saturated heterocycles. The number of carbonyl (C=O) groups excluding carboxylic acids is 1. The summed E-state index contributed by atoms with van der Waals surface area (Å²) in [4.78, 5) is 28.4. The molecular weight excluding hydrogens is 304 g/mol. The Morgan fingerprint density at radius 3 is 2.08 bits per heavy atom. The number of nitrogens with one attached hydrogen (secondary N) is 2. The van der Waals surface area contributed by atoms with Gasteiger partial charge in [-0.3, -0.25) is 14.8 Å². The molecule has 3 heterocycles. The highest BCUT2D eigenvalue weighted by atomic mass is 16.1. The van der Waals surface area contributed by atoms with Crippen LogP contribution >= 0.6 is 0 Å². The predicted molar refractivity (Wildman–Crippen MR) is 89.0 cm³/mol. The molecule has 1 amide bonds. The van der Waals surface area contributed by atoms with E-state index < -0.39 is 0 Å². The molecule has 0 radical (unpaired) electrons. The second-order valence-corrected chi connectivity index (χ2v) is 5.05. The SMILES string of the molecule is O=C(NCc1cccnc1)c1cnc(NCc2cccnc2)nc1. The van der Waals surface area contributed by atoms with E-state index in [0.717, 1.165) is 11.1 Å². The third-order valence-electron chi connectivity index (χ3n) is 3.26. The van der Waals surface area contributed by atoms with Crippen molar-refractivity contribution in [3.8, 4) is 0 Å². The lowest BCUT2D eigenvalue weighted by molar-refractivity contribution is 0.0950. The van der Waals surface area contributed by atoms with Crippen LogP contribution in [-0.4, -0.2) is 25.8 Å². The van der Waals surface area contributed by atoms with E-state index in [1.165, 1.54) is 12.4 Å². The molecule has 0 spiro atoms. The Morgan fingerprint density at radius 1 is 0.875 bits per heavy atom. The van der Waals surface area contributed by atoms with E-state index in [2.05, 4.69) is 30.6 Å². The van der Waals surface area contributed by atoms with E-state index in [4.69, 9.17) is 0 Å². The van der Waals surface area contributed by atoms with Crippen LogP contribution in [0.3, 0.4) is 0 Å². The molecule has 3 rings (SSSR count). The minimum Gasteiger partial charge on any atom is -0.350 e. The molecular formula is C17H16N6O. The fraction of sp³-hybridized carbons (Fsp3) is 0.118. The lowest BCUT2D eigenvalue weighted by Gasteiger charge is -2.06. The highest BCUT2D eigenvalue weighted by molar-refractivity contribution is 5.93. The Labute approximate surface area is 139 Å². The molecule has 7 heteroatoms. The van der Waals surface area contributed by atoms with E-state index in [-0.39, 0.29) is 5.91 Å². The topological polar surface area (TPSA) is 92.7 Å². The first kappa shape index (κ1) is 15.5. The third kappa shape index (κ3) is 4.33. The molecule has 0 atom stereocenters. The van der Waals surface area contributed by atoms with Gasteiger partial charge < -0.3 is 10.6 Å². The van der Waals surface area contributed by atoms with E-state index in [9.17, 15) is 4.79 Å². The maximum atomic E-state index is 12.1. The average molecular weight is 320 g/mol. The van der Waals surface area contributed by atoms with E-state index in [1.54, 1.807) is 24.8 Å². The number of amides is 1. The van der Waals surface area contributed by atoms with Crippen LogP contribution in [0.5, 0.6) is 0 Å². The lowest BCUT2D eigenvalue weighted by Crippen LogP contribution is -2.23. The molecule has 0 fully saturated rings. The molecule has 0 saturated carbocycles. The zero-order chi connectivity index (χ0) is 16.6. The van der Waals surface area contributed by atoms with Crippen LogP contribution < -0.4 is 10.6 Å². The normalized spacial score (nSPS) is 10.2. The molecule has 0 aromatic carbocycles. The van der Waals surface area contributed by atoms with Crippen LogP contribution in [0, 0.1) is 0 Å². The van der Waals surface area contributed by atoms with Crippen LogP contribution in [0.1, 0.15) is 21.5 Å². The summed E-state index contributed by atoms with van der Waals surface area (Å²) in [5.41, 5.74) is 2.37. The maximum absolute atomic E-state index is 12.1. The van der Waals surface area contributed by atoms with Gasteiger partial charge in [-0.25, -0.2) is 9.97 Å². The van der Waals surface area contributed by atoms with Crippen molar-refractivity contribution < 1.29 is 4.79 Å². The summed E-state index contributed by atoms with van der Waals surface area (Å²) in [6.45, 7) is 0.980. The molecule has 0 unspecified atom stereocenters. The second-order valence-electron chi connectivity index (χ2n) is 5.05. The Hall–Kier alpha value is -3.35. The number of carbonyl (C=O) groups is 1. The van der Waals surface area contributed by atoms with Gasteiger partial charge in [0.15, 0.2) is 0 Å². The summed E-state index contributed by atoms with van der Waals surface area (Å²) in [6.07, 6.45) is 9.89. The highest BCUT2D eigenvalue weighted by Crippen LogP contribution is 2.04. The Balaban J connectivity index is 1.53. The van der Waals surface area contributed by atoms with Crippen LogP contribution in [0.15, 0.2) is 61.4 Å². The van der Waals surface area contributed by atoms with Crippen LogP contribution in [0.2, 0.25) is 0 Å². The predicted octanol–water partition coefficient (Wildman–Crippen LogP) is 1.81. The quantitative estimate of drug-likeness (QED) is 0.719.